The first kappa shape index (κ1) is 12.9. The fourth-order valence-electron chi connectivity index (χ4n) is 1.50. The first-order chi connectivity index (χ1) is 6.22. The van der Waals surface area contributed by atoms with Gasteiger partial charge in [-0.05, 0) is 32.1 Å². The van der Waals surface area contributed by atoms with Crippen LogP contribution in [0, 0.1) is 12.8 Å². The third kappa shape index (κ3) is 7.03. The molecule has 0 saturated carbocycles. The van der Waals surface area contributed by atoms with Crippen LogP contribution in [0.5, 0.6) is 0 Å². The predicted octanol–water partition coefficient (Wildman–Crippen LogP) is 2.15. The molecule has 0 spiro atoms. The maximum absolute atomic E-state index is 9.33. The molecule has 1 radical (unpaired) electrons. The van der Waals surface area contributed by atoms with Gasteiger partial charge in [-0.3, -0.25) is 0 Å². The third-order valence-electron chi connectivity index (χ3n) is 2.54. The van der Waals surface area contributed by atoms with E-state index in [4.69, 9.17) is 5.11 Å². The average molecular weight is 187 g/mol. The lowest BCUT2D eigenvalue weighted by molar-refractivity contribution is 0.119. The molecule has 0 bridgehead atoms. The number of aliphatic hydroxyl groups excluding tert-OH is 2. The quantitative estimate of drug-likeness (QED) is 0.572. The van der Waals surface area contributed by atoms with Crippen LogP contribution in [0.3, 0.4) is 0 Å². The van der Waals surface area contributed by atoms with Gasteiger partial charge < -0.3 is 10.2 Å². The van der Waals surface area contributed by atoms with Crippen LogP contribution in [0.15, 0.2) is 0 Å². The van der Waals surface area contributed by atoms with E-state index in [1.807, 2.05) is 6.92 Å². The lowest BCUT2D eigenvalue weighted by Crippen LogP contribution is -2.15. The molecule has 0 aliphatic heterocycles. The summed E-state index contributed by atoms with van der Waals surface area (Å²) in [4.78, 5) is 0. The number of rotatable bonds is 8. The van der Waals surface area contributed by atoms with Gasteiger partial charge >= 0.3 is 0 Å². The minimum atomic E-state index is -0.227. The molecule has 0 aromatic carbocycles. The summed E-state index contributed by atoms with van der Waals surface area (Å²) in [5.41, 5.74) is 0. The fraction of sp³-hybridized carbons (Fsp3) is 0.909. The van der Waals surface area contributed by atoms with E-state index in [2.05, 4.69) is 6.92 Å². The van der Waals surface area contributed by atoms with Gasteiger partial charge in [0, 0.05) is 6.61 Å². The van der Waals surface area contributed by atoms with Crippen molar-refractivity contribution in [3.63, 3.8) is 0 Å². The van der Waals surface area contributed by atoms with E-state index in [1.165, 1.54) is 0 Å². The van der Waals surface area contributed by atoms with Gasteiger partial charge in [0.05, 0.1) is 6.10 Å². The van der Waals surface area contributed by atoms with Crippen molar-refractivity contribution < 1.29 is 10.2 Å². The third-order valence-corrected chi connectivity index (χ3v) is 2.54. The Morgan fingerprint density at radius 3 is 2.23 bits per heavy atom. The molecule has 2 nitrogen and oxygen atoms in total. The van der Waals surface area contributed by atoms with Crippen molar-refractivity contribution in [3.8, 4) is 0 Å². The SMILES string of the molecule is [CH2]CC(CCCCCCO)C(C)O. The molecule has 0 saturated heterocycles. The highest BCUT2D eigenvalue weighted by Gasteiger charge is 2.11. The Bertz CT molecular complexity index is 102. The lowest BCUT2D eigenvalue weighted by Gasteiger charge is -2.17. The Kier molecular flexibility index (Phi) is 8.46. The van der Waals surface area contributed by atoms with Crippen LogP contribution < -0.4 is 0 Å². The molecule has 0 rings (SSSR count). The average Bonchev–Trinajstić information content (AvgIpc) is 2.10. The van der Waals surface area contributed by atoms with Gasteiger partial charge in [0.2, 0.25) is 0 Å². The van der Waals surface area contributed by atoms with Crippen LogP contribution in [0.4, 0.5) is 0 Å². The molecule has 2 unspecified atom stereocenters. The zero-order chi connectivity index (χ0) is 10.1. The highest BCUT2D eigenvalue weighted by molar-refractivity contribution is 4.66. The van der Waals surface area contributed by atoms with Crippen LogP contribution in [-0.2, 0) is 0 Å². The topological polar surface area (TPSA) is 40.5 Å². The molecule has 13 heavy (non-hydrogen) atoms. The maximum atomic E-state index is 9.33. The zero-order valence-electron chi connectivity index (χ0n) is 8.71. The summed E-state index contributed by atoms with van der Waals surface area (Å²) in [5, 5.41) is 17.9. The van der Waals surface area contributed by atoms with Gasteiger partial charge in [-0.15, -0.1) is 0 Å². The summed E-state index contributed by atoms with van der Waals surface area (Å²) in [6.07, 6.45) is 5.96. The summed E-state index contributed by atoms with van der Waals surface area (Å²) < 4.78 is 0. The van der Waals surface area contributed by atoms with Crippen molar-refractivity contribution in [2.24, 2.45) is 5.92 Å². The van der Waals surface area contributed by atoms with Crippen LogP contribution in [0.1, 0.15) is 45.4 Å². The minimum Gasteiger partial charge on any atom is -0.396 e. The van der Waals surface area contributed by atoms with E-state index >= 15 is 0 Å². The van der Waals surface area contributed by atoms with Crippen molar-refractivity contribution in [2.75, 3.05) is 6.61 Å². The standard InChI is InChI=1S/C11H23O2/c1-3-11(10(2)13)8-6-4-5-7-9-12/h10-13H,1,3-9H2,2H3. The van der Waals surface area contributed by atoms with E-state index in [9.17, 15) is 5.11 Å². The summed E-state index contributed by atoms with van der Waals surface area (Å²) in [6, 6.07) is 0. The van der Waals surface area contributed by atoms with E-state index in [1.54, 1.807) is 0 Å². The largest absolute Gasteiger partial charge is 0.396 e. The monoisotopic (exact) mass is 187 g/mol. The van der Waals surface area contributed by atoms with Crippen molar-refractivity contribution in [1.29, 1.82) is 0 Å². The normalized spacial score (nSPS) is 15.7. The maximum Gasteiger partial charge on any atom is 0.0540 e. The van der Waals surface area contributed by atoms with Gasteiger partial charge in [-0.2, -0.15) is 0 Å². The van der Waals surface area contributed by atoms with E-state index < -0.39 is 0 Å². The Morgan fingerprint density at radius 2 is 1.77 bits per heavy atom. The first-order valence-electron chi connectivity index (χ1n) is 5.30. The Hall–Kier alpha value is -0.0800. The summed E-state index contributed by atoms with van der Waals surface area (Å²) in [7, 11) is 0. The minimum absolute atomic E-state index is 0.227. The van der Waals surface area contributed by atoms with Gasteiger partial charge in [0.15, 0.2) is 0 Å². The number of hydrogen-bond acceptors (Lipinski definition) is 2. The second kappa shape index (κ2) is 8.52. The Labute approximate surface area is 82.0 Å². The van der Waals surface area contributed by atoms with Gasteiger partial charge in [-0.25, -0.2) is 0 Å². The highest BCUT2D eigenvalue weighted by Crippen LogP contribution is 2.17. The van der Waals surface area contributed by atoms with E-state index in [0.717, 1.165) is 38.5 Å². The molecule has 0 heterocycles. The molecule has 0 aliphatic carbocycles. The van der Waals surface area contributed by atoms with Gasteiger partial charge in [0.25, 0.3) is 0 Å². The fourth-order valence-corrected chi connectivity index (χ4v) is 1.50. The van der Waals surface area contributed by atoms with Gasteiger partial charge in [0.1, 0.15) is 0 Å². The lowest BCUT2D eigenvalue weighted by atomic mass is 9.94. The van der Waals surface area contributed by atoms with Crippen LogP contribution >= 0.6 is 0 Å². The van der Waals surface area contributed by atoms with Gasteiger partial charge in [-0.1, -0.05) is 26.2 Å². The van der Waals surface area contributed by atoms with E-state index in [-0.39, 0.29) is 6.10 Å². The molecule has 2 heteroatoms. The zero-order valence-corrected chi connectivity index (χ0v) is 8.71. The van der Waals surface area contributed by atoms with Crippen LogP contribution in [0.2, 0.25) is 0 Å². The van der Waals surface area contributed by atoms with Crippen LogP contribution in [-0.4, -0.2) is 22.9 Å². The Morgan fingerprint density at radius 1 is 1.15 bits per heavy atom. The predicted molar refractivity (Wildman–Crippen MR) is 55.3 cm³/mol. The second-order valence-corrected chi connectivity index (χ2v) is 3.72. The summed E-state index contributed by atoms with van der Waals surface area (Å²) >= 11 is 0. The van der Waals surface area contributed by atoms with Crippen LogP contribution in [0.25, 0.3) is 0 Å². The van der Waals surface area contributed by atoms with Crippen molar-refractivity contribution >= 4 is 0 Å². The Balaban J connectivity index is 3.28. The molecule has 0 aromatic heterocycles. The second-order valence-electron chi connectivity index (χ2n) is 3.72. The summed E-state index contributed by atoms with van der Waals surface area (Å²) in [5.74, 6) is 0.356. The summed E-state index contributed by atoms with van der Waals surface area (Å²) in [6.45, 7) is 5.96. The molecular weight excluding hydrogens is 164 g/mol. The molecule has 2 atom stereocenters. The van der Waals surface area contributed by atoms with Crippen molar-refractivity contribution in [2.45, 2.75) is 51.6 Å². The molecular formula is C11H23O2. The molecule has 0 amide bonds. The number of unbranched alkanes of at least 4 members (excludes halogenated alkanes) is 3. The number of hydrogen-bond donors (Lipinski definition) is 2. The smallest absolute Gasteiger partial charge is 0.0540 e. The van der Waals surface area contributed by atoms with Crippen molar-refractivity contribution in [1.82, 2.24) is 0 Å². The van der Waals surface area contributed by atoms with E-state index in [0.29, 0.717) is 12.5 Å². The molecule has 0 aliphatic rings. The first-order valence-corrected chi connectivity index (χ1v) is 5.30. The molecule has 79 valence electrons. The highest BCUT2D eigenvalue weighted by atomic mass is 16.3. The van der Waals surface area contributed by atoms with Crippen molar-refractivity contribution in [3.05, 3.63) is 6.92 Å². The molecule has 0 fully saturated rings. The molecule has 0 aromatic rings. The molecule has 2 N–H and O–H groups in total. The number of aliphatic hydroxyl groups is 2.